The lowest BCUT2D eigenvalue weighted by Crippen LogP contribution is -2.29. The molecule has 1 N–H and O–H groups in total. The predicted molar refractivity (Wildman–Crippen MR) is 248 cm³/mol. The van der Waals surface area contributed by atoms with Crippen molar-refractivity contribution in [1.29, 1.82) is 0 Å². The molecule has 0 amide bonds. The number of esters is 2. The normalized spacial score (nSPS) is 14.0. The number of allylic oxidation sites excluding steroid dienone is 14. The van der Waals surface area contributed by atoms with Crippen LogP contribution in [0.2, 0.25) is 0 Å². The Hall–Kier alpha value is -2.77. The molecule has 0 bridgehead atoms. The van der Waals surface area contributed by atoms with E-state index in [-0.39, 0.29) is 25.4 Å². The highest BCUT2D eigenvalue weighted by Crippen LogP contribution is 2.42. The molecular formula is C50H85O8P. The molecule has 0 aromatic rings. The van der Waals surface area contributed by atoms with Crippen LogP contribution in [-0.4, -0.2) is 43.3 Å². The van der Waals surface area contributed by atoms with Crippen molar-refractivity contribution in [3.8, 4) is 0 Å². The maximum atomic E-state index is 12.6. The van der Waals surface area contributed by atoms with Crippen LogP contribution < -0.4 is 0 Å². The molecule has 338 valence electrons. The zero-order valence-corrected chi connectivity index (χ0v) is 38.5. The zero-order chi connectivity index (χ0) is 43.2. The van der Waals surface area contributed by atoms with Gasteiger partial charge in [0.1, 0.15) is 6.61 Å². The van der Waals surface area contributed by atoms with Gasteiger partial charge in [-0.15, -0.1) is 0 Å². The molecule has 0 aliphatic heterocycles. The molecule has 0 aliphatic rings. The summed E-state index contributed by atoms with van der Waals surface area (Å²) in [6.07, 6.45) is 59.2. The average molecular weight is 845 g/mol. The van der Waals surface area contributed by atoms with Crippen LogP contribution in [0.15, 0.2) is 85.1 Å². The molecule has 0 radical (unpaired) electrons. The number of hydrogen-bond acceptors (Lipinski definition) is 7. The second kappa shape index (κ2) is 44.8. The summed E-state index contributed by atoms with van der Waals surface area (Å²) in [6, 6.07) is 0. The van der Waals surface area contributed by atoms with Gasteiger partial charge in [0.05, 0.1) is 6.61 Å². The third-order valence-electron chi connectivity index (χ3n) is 9.63. The Bertz CT molecular complexity index is 1230. The minimum Gasteiger partial charge on any atom is -0.462 e. The first-order chi connectivity index (χ1) is 28.8. The molecule has 9 heteroatoms. The Morgan fingerprint density at radius 2 is 0.814 bits per heavy atom. The predicted octanol–water partition coefficient (Wildman–Crippen LogP) is 15.1. The average Bonchev–Trinajstić information content (AvgIpc) is 3.23. The number of phosphoric ester groups is 1. The Morgan fingerprint density at radius 1 is 0.475 bits per heavy atom. The third-order valence-corrected chi connectivity index (χ3v) is 10.6. The van der Waals surface area contributed by atoms with Gasteiger partial charge in [0.15, 0.2) is 6.10 Å². The molecule has 0 heterocycles. The van der Waals surface area contributed by atoms with E-state index in [1.807, 2.05) is 0 Å². The van der Waals surface area contributed by atoms with E-state index < -0.39 is 26.5 Å². The fourth-order valence-corrected chi connectivity index (χ4v) is 6.59. The molecule has 0 fully saturated rings. The molecule has 0 saturated carbocycles. The van der Waals surface area contributed by atoms with Crippen molar-refractivity contribution >= 4 is 19.8 Å². The van der Waals surface area contributed by atoms with Gasteiger partial charge in [-0.05, 0) is 83.5 Å². The molecule has 0 aromatic carbocycles. The van der Waals surface area contributed by atoms with Gasteiger partial charge in [-0.1, -0.05) is 182 Å². The lowest BCUT2D eigenvalue weighted by atomic mass is 10.0. The SMILES string of the molecule is CC/C=C\C/C=C\C/C=C\C/C=C\CCCCCCCCCCCCC(=O)OC(COC(=O)CCCCCCCCC/C=C\C/C=C\C/C=C\CC)COP(=O)(O)OC. The van der Waals surface area contributed by atoms with Crippen LogP contribution in [0.1, 0.15) is 194 Å². The van der Waals surface area contributed by atoms with Gasteiger partial charge in [0.2, 0.25) is 0 Å². The lowest BCUT2D eigenvalue weighted by molar-refractivity contribution is -0.161. The summed E-state index contributed by atoms with van der Waals surface area (Å²) in [5.74, 6) is -0.824. The standard InChI is InChI=1S/C50H85O8P/c1-4-6-8-10-12-14-16-18-20-22-23-24-25-26-27-29-31-33-35-37-39-41-43-45-50(52)58-48(47-57-59(53,54)55-3)46-56-49(51)44-42-40-38-36-34-32-30-28-21-19-17-15-13-11-9-7-5-2/h6-9,12-15,18-21,23-24,48H,4-5,10-11,16-17,22,25-47H2,1-3H3,(H,53,54)/b8-6-,9-7-,14-12-,15-13-,20-18-,21-19-,24-23-. The second-order valence-corrected chi connectivity index (χ2v) is 16.7. The van der Waals surface area contributed by atoms with Gasteiger partial charge >= 0.3 is 19.8 Å². The zero-order valence-electron chi connectivity index (χ0n) is 37.6. The van der Waals surface area contributed by atoms with Crippen molar-refractivity contribution in [1.82, 2.24) is 0 Å². The molecule has 0 saturated heterocycles. The first-order valence-electron chi connectivity index (χ1n) is 23.3. The third kappa shape index (κ3) is 44.6. The lowest BCUT2D eigenvalue weighted by Gasteiger charge is -2.19. The molecule has 2 atom stereocenters. The van der Waals surface area contributed by atoms with Crippen LogP contribution in [0, 0.1) is 0 Å². The molecule has 2 unspecified atom stereocenters. The molecule has 0 spiro atoms. The van der Waals surface area contributed by atoms with E-state index in [1.165, 1.54) is 57.8 Å². The van der Waals surface area contributed by atoms with E-state index in [2.05, 4.69) is 103 Å². The van der Waals surface area contributed by atoms with Gasteiger partial charge in [0.25, 0.3) is 0 Å². The van der Waals surface area contributed by atoms with Crippen LogP contribution in [0.3, 0.4) is 0 Å². The van der Waals surface area contributed by atoms with E-state index in [4.69, 9.17) is 14.0 Å². The number of ether oxygens (including phenoxy) is 2. The van der Waals surface area contributed by atoms with Crippen molar-refractivity contribution in [2.45, 2.75) is 200 Å². The summed E-state index contributed by atoms with van der Waals surface area (Å²) in [5, 5.41) is 0. The van der Waals surface area contributed by atoms with Crippen molar-refractivity contribution in [3.63, 3.8) is 0 Å². The van der Waals surface area contributed by atoms with Crippen molar-refractivity contribution in [3.05, 3.63) is 85.1 Å². The molecule has 0 aliphatic carbocycles. The summed E-state index contributed by atoms with van der Waals surface area (Å²) in [7, 11) is -3.21. The van der Waals surface area contributed by atoms with Crippen LogP contribution in [0.4, 0.5) is 0 Å². The van der Waals surface area contributed by atoms with Crippen LogP contribution >= 0.6 is 7.82 Å². The Kier molecular flexibility index (Phi) is 42.7. The molecule has 0 aromatic heterocycles. The fraction of sp³-hybridized carbons (Fsp3) is 0.680. The molecular weight excluding hydrogens is 760 g/mol. The van der Waals surface area contributed by atoms with Gasteiger partial charge in [-0.2, -0.15) is 0 Å². The Labute approximate surface area is 361 Å². The van der Waals surface area contributed by atoms with E-state index >= 15 is 0 Å². The minimum absolute atomic E-state index is 0.233. The highest BCUT2D eigenvalue weighted by Gasteiger charge is 2.24. The number of carbonyl (C=O) groups is 2. The highest BCUT2D eigenvalue weighted by molar-refractivity contribution is 7.47. The number of unbranched alkanes of at least 4 members (excludes halogenated alkanes) is 17. The highest BCUT2D eigenvalue weighted by atomic mass is 31.2. The molecule has 8 nitrogen and oxygen atoms in total. The number of phosphoric acid groups is 1. The smallest absolute Gasteiger partial charge is 0.462 e. The van der Waals surface area contributed by atoms with Crippen LogP contribution in [-0.2, 0) is 32.7 Å². The number of rotatable bonds is 42. The number of hydrogen-bond donors (Lipinski definition) is 1. The van der Waals surface area contributed by atoms with Crippen LogP contribution in [0.5, 0.6) is 0 Å². The molecule has 0 rings (SSSR count). The van der Waals surface area contributed by atoms with E-state index in [0.29, 0.717) is 6.42 Å². The maximum absolute atomic E-state index is 12.6. The molecule has 59 heavy (non-hydrogen) atoms. The summed E-state index contributed by atoms with van der Waals surface area (Å²) in [4.78, 5) is 34.6. The van der Waals surface area contributed by atoms with Crippen LogP contribution in [0.25, 0.3) is 0 Å². The van der Waals surface area contributed by atoms with Gasteiger partial charge in [0, 0.05) is 20.0 Å². The van der Waals surface area contributed by atoms with E-state index in [9.17, 15) is 19.0 Å². The van der Waals surface area contributed by atoms with Crippen molar-refractivity contribution < 1.29 is 37.6 Å². The largest absolute Gasteiger partial charge is 0.472 e. The first kappa shape index (κ1) is 56.2. The van der Waals surface area contributed by atoms with Crippen molar-refractivity contribution in [2.75, 3.05) is 20.3 Å². The van der Waals surface area contributed by atoms with Gasteiger partial charge in [-0.25, -0.2) is 4.57 Å². The minimum atomic E-state index is -4.27. The quantitative estimate of drug-likeness (QED) is 0.0280. The topological polar surface area (TPSA) is 108 Å². The number of carbonyl (C=O) groups excluding carboxylic acids is 2. The van der Waals surface area contributed by atoms with E-state index in [1.54, 1.807) is 0 Å². The van der Waals surface area contributed by atoms with Gasteiger partial charge < -0.3 is 14.4 Å². The summed E-state index contributed by atoms with van der Waals surface area (Å²) >= 11 is 0. The first-order valence-corrected chi connectivity index (χ1v) is 24.8. The summed E-state index contributed by atoms with van der Waals surface area (Å²) < 4.78 is 32.1. The van der Waals surface area contributed by atoms with Gasteiger partial charge in [-0.3, -0.25) is 18.6 Å². The Morgan fingerprint density at radius 3 is 1.20 bits per heavy atom. The fourth-order valence-electron chi connectivity index (χ4n) is 6.13. The summed E-state index contributed by atoms with van der Waals surface area (Å²) in [6.45, 7) is 3.66. The summed E-state index contributed by atoms with van der Waals surface area (Å²) in [5.41, 5.74) is 0. The maximum Gasteiger partial charge on any atom is 0.472 e. The van der Waals surface area contributed by atoms with E-state index in [0.717, 1.165) is 110 Å². The Balaban J connectivity index is 3.97. The second-order valence-electron chi connectivity index (χ2n) is 15.1. The monoisotopic (exact) mass is 845 g/mol. The van der Waals surface area contributed by atoms with Crippen molar-refractivity contribution in [2.24, 2.45) is 0 Å².